The van der Waals surface area contributed by atoms with Gasteiger partial charge in [-0.3, -0.25) is 0 Å². The van der Waals surface area contributed by atoms with Gasteiger partial charge in [-0.05, 0) is 36.8 Å². The molecule has 0 radical (unpaired) electrons. The minimum atomic E-state index is -0.0633. The summed E-state index contributed by atoms with van der Waals surface area (Å²) in [6, 6.07) is 15.8. The number of hydrogen-bond acceptors (Lipinski definition) is 4. The predicted octanol–water partition coefficient (Wildman–Crippen LogP) is 3.08. The molecule has 6 heteroatoms. The number of benzene rings is 2. The van der Waals surface area contributed by atoms with Crippen LogP contribution in [0.1, 0.15) is 12.5 Å². The van der Waals surface area contributed by atoms with Crippen molar-refractivity contribution in [1.82, 2.24) is 10.2 Å². The van der Waals surface area contributed by atoms with Crippen molar-refractivity contribution in [3.8, 4) is 11.5 Å². The molecule has 0 atom stereocenters. The van der Waals surface area contributed by atoms with Crippen LogP contribution in [0, 0.1) is 0 Å². The Labute approximate surface area is 154 Å². The molecule has 2 aromatic carbocycles. The lowest BCUT2D eigenvalue weighted by Crippen LogP contribution is -2.42. The van der Waals surface area contributed by atoms with Gasteiger partial charge in [0.15, 0.2) is 11.5 Å². The van der Waals surface area contributed by atoms with Crippen molar-refractivity contribution >= 4 is 11.7 Å². The number of nitrogens with zero attached hydrogens (tertiary/aromatic N) is 2. The number of carbonyl (C=O) groups excluding carboxylic acids is 1. The first-order valence-corrected chi connectivity index (χ1v) is 8.85. The number of hydrogen-bond donors (Lipinski definition) is 1. The van der Waals surface area contributed by atoms with Crippen molar-refractivity contribution in [2.24, 2.45) is 0 Å². The Morgan fingerprint density at radius 2 is 1.88 bits per heavy atom. The fourth-order valence-corrected chi connectivity index (χ4v) is 2.84. The van der Waals surface area contributed by atoms with Crippen molar-refractivity contribution in [3.05, 3.63) is 54.1 Å². The first-order valence-electron chi connectivity index (χ1n) is 8.85. The topological polar surface area (TPSA) is 54.0 Å². The summed E-state index contributed by atoms with van der Waals surface area (Å²) in [5, 5.41) is 3.00. The molecule has 26 heavy (non-hydrogen) atoms. The first-order chi connectivity index (χ1) is 12.7. The summed E-state index contributed by atoms with van der Waals surface area (Å²) in [4.78, 5) is 16.4. The number of anilines is 1. The number of para-hydroxylation sites is 1. The van der Waals surface area contributed by atoms with E-state index in [9.17, 15) is 4.79 Å². The van der Waals surface area contributed by atoms with E-state index in [-0.39, 0.29) is 12.8 Å². The van der Waals surface area contributed by atoms with Crippen LogP contribution >= 0.6 is 0 Å². The highest BCUT2D eigenvalue weighted by Gasteiger charge is 2.16. The van der Waals surface area contributed by atoms with Crippen molar-refractivity contribution in [2.75, 3.05) is 38.4 Å². The van der Waals surface area contributed by atoms with Crippen molar-refractivity contribution in [2.45, 2.75) is 13.5 Å². The summed E-state index contributed by atoms with van der Waals surface area (Å²) in [6.45, 7) is 4.73. The van der Waals surface area contributed by atoms with Gasteiger partial charge in [0.25, 0.3) is 0 Å². The van der Waals surface area contributed by atoms with E-state index in [1.165, 1.54) is 0 Å². The molecule has 3 rings (SSSR count). The van der Waals surface area contributed by atoms with Crippen LogP contribution in [0.3, 0.4) is 0 Å². The van der Waals surface area contributed by atoms with E-state index in [0.29, 0.717) is 19.6 Å². The number of likely N-dealkylation sites (N-methyl/N-ethyl adjacent to an activating group) is 1. The number of ether oxygens (including phenoxy) is 2. The van der Waals surface area contributed by atoms with Crippen LogP contribution in [-0.4, -0.2) is 44.4 Å². The molecule has 2 aromatic rings. The molecule has 1 aliphatic heterocycles. The number of amides is 2. The number of fused-ring (bicyclic) bond motifs is 1. The van der Waals surface area contributed by atoms with Crippen LogP contribution < -0.4 is 19.7 Å². The minimum Gasteiger partial charge on any atom is -0.454 e. The zero-order valence-electron chi connectivity index (χ0n) is 15.3. The van der Waals surface area contributed by atoms with E-state index in [2.05, 4.69) is 22.3 Å². The molecule has 0 aromatic heterocycles. The molecular weight excluding hydrogens is 330 g/mol. The molecular formula is C20H25N3O3. The van der Waals surface area contributed by atoms with Gasteiger partial charge in [-0.25, -0.2) is 4.79 Å². The second kappa shape index (κ2) is 8.47. The normalized spacial score (nSPS) is 11.9. The number of rotatable bonds is 7. The minimum absolute atomic E-state index is 0.0633. The van der Waals surface area contributed by atoms with Gasteiger partial charge in [-0.15, -0.1) is 0 Å². The van der Waals surface area contributed by atoms with Gasteiger partial charge >= 0.3 is 6.03 Å². The van der Waals surface area contributed by atoms with Crippen LogP contribution in [0.25, 0.3) is 0 Å². The van der Waals surface area contributed by atoms with Gasteiger partial charge in [0.05, 0.1) is 0 Å². The van der Waals surface area contributed by atoms with Gasteiger partial charge in [0, 0.05) is 38.9 Å². The highest BCUT2D eigenvalue weighted by Crippen LogP contribution is 2.32. The van der Waals surface area contributed by atoms with Crippen LogP contribution in [0.5, 0.6) is 11.5 Å². The van der Waals surface area contributed by atoms with Gasteiger partial charge in [-0.2, -0.15) is 0 Å². The lowest BCUT2D eigenvalue weighted by Gasteiger charge is -2.23. The Morgan fingerprint density at radius 3 is 2.65 bits per heavy atom. The second-order valence-electron chi connectivity index (χ2n) is 6.19. The average Bonchev–Trinajstić information content (AvgIpc) is 3.14. The van der Waals surface area contributed by atoms with Gasteiger partial charge in [0.1, 0.15) is 0 Å². The average molecular weight is 355 g/mol. The Balaban J connectivity index is 1.49. The predicted molar refractivity (Wildman–Crippen MR) is 102 cm³/mol. The summed E-state index contributed by atoms with van der Waals surface area (Å²) in [6.07, 6.45) is 0. The Morgan fingerprint density at radius 1 is 1.12 bits per heavy atom. The third-order valence-corrected chi connectivity index (χ3v) is 4.40. The Hall–Kier alpha value is -2.89. The monoisotopic (exact) mass is 355 g/mol. The van der Waals surface area contributed by atoms with E-state index in [4.69, 9.17) is 9.47 Å². The highest BCUT2D eigenvalue weighted by molar-refractivity contribution is 5.74. The maximum atomic E-state index is 12.5. The van der Waals surface area contributed by atoms with Crippen molar-refractivity contribution < 1.29 is 14.3 Å². The Bertz CT molecular complexity index is 736. The third kappa shape index (κ3) is 4.39. The smallest absolute Gasteiger partial charge is 0.317 e. The number of urea groups is 1. The molecule has 0 unspecified atom stereocenters. The van der Waals surface area contributed by atoms with Gasteiger partial charge in [0.2, 0.25) is 6.79 Å². The molecule has 2 amide bonds. The van der Waals surface area contributed by atoms with E-state index >= 15 is 0 Å². The standard InChI is InChI=1S/C20H25N3O3/c1-3-23(14-16-9-10-18-19(13-16)26-15-25-18)20(24)21-11-12-22(2)17-7-5-4-6-8-17/h4-10,13H,3,11-12,14-15H2,1-2H3,(H,21,24). The largest absolute Gasteiger partial charge is 0.454 e. The summed E-state index contributed by atoms with van der Waals surface area (Å²) in [5.74, 6) is 1.49. The fourth-order valence-electron chi connectivity index (χ4n) is 2.84. The van der Waals surface area contributed by atoms with Crippen molar-refractivity contribution in [1.29, 1.82) is 0 Å². The quantitative estimate of drug-likeness (QED) is 0.829. The maximum Gasteiger partial charge on any atom is 0.317 e. The molecule has 0 saturated heterocycles. The molecule has 0 saturated carbocycles. The molecule has 0 aliphatic carbocycles. The summed E-state index contributed by atoms with van der Waals surface area (Å²) < 4.78 is 10.7. The van der Waals surface area contributed by atoms with Crippen LogP contribution in [0.15, 0.2) is 48.5 Å². The maximum absolute atomic E-state index is 12.5. The summed E-state index contributed by atoms with van der Waals surface area (Å²) in [5.41, 5.74) is 2.15. The molecule has 0 bridgehead atoms. The van der Waals surface area contributed by atoms with Crippen LogP contribution in [0.2, 0.25) is 0 Å². The third-order valence-electron chi connectivity index (χ3n) is 4.40. The van der Waals surface area contributed by atoms with Gasteiger partial charge < -0.3 is 24.6 Å². The molecule has 1 heterocycles. The van der Waals surface area contributed by atoms with Crippen molar-refractivity contribution in [3.63, 3.8) is 0 Å². The van der Waals surface area contributed by atoms with Gasteiger partial charge in [-0.1, -0.05) is 24.3 Å². The Kier molecular flexibility index (Phi) is 5.84. The van der Waals surface area contributed by atoms with Crippen LogP contribution in [0.4, 0.5) is 10.5 Å². The molecule has 1 aliphatic rings. The zero-order valence-corrected chi connectivity index (χ0v) is 15.3. The van der Waals surface area contributed by atoms with E-state index in [1.54, 1.807) is 4.90 Å². The summed E-state index contributed by atoms with van der Waals surface area (Å²) >= 11 is 0. The highest BCUT2D eigenvalue weighted by atomic mass is 16.7. The van der Waals surface area contributed by atoms with Crippen LogP contribution in [-0.2, 0) is 6.54 Å². The molecule has 6 nitrogen and oxygen atoms in total. The first kappa shape index (κ1) is 17.9. The fraction of sp³-hybridized carbons (Fsp3) is 0.350. The van der Waals surface area contributed by atoms with E-state index in [1.807, 2.05) is 50.4 Å². The summed E-state index contributed by atoms with van der Waals surface area (Å²) in [7, 11) is 2.02. The zero-order chi connectivity index (χ0) is 18.4. The van der Waals surface area contributed by atoms with E-state index in [0.717, 1.165) is 29.3 Å². The second-order valence-corrected chi connectivity index (χ2v) is 6.19. The lowest BCUT2D eigenvalue weighted by atomic mass is 10.2. The molecule has 138 valence electrons. The lowest BCUT2D eigenvalue weighted by molar-refractivity contribution is 0.173. The van der Waals surface area contributed by atoms with E-state index < -0.39 is 0 Å². The molecule has 0 spiro atoms. The SMILES string of the molecule is CCN(Cc1ccc2c(c1)OCO2)C(=O)NCCN(C)c1ccccc1. The number of nitrogens with one attached hydrogen (secondary N) is 1. The number of carbonyl (C=O) groups is 1. The molecule has 0 fully saturated rings. The molecule has 1 N–H and O–H groups in total.